The summed E-state index contributed by atoms with van der Waals surface area (Å²) in [6.45, 7) is 4.60. The van der Waals surface area contributed by atoms with Crippen LogP contribution in [0, 0.1) is 13.8 Å². The highest BCUT2D eigenvalue weighted by molar-refractivity contribution is 7.99. The molecule has 0 spiro atoms. The number of carbonyl (C=O) groups is 1. The van der Waals surface area contributed by atoms with Gasteiger partial charge in [0.1, 0.15) is 0 Å². The van der Waals surface area contributed by atoms with Crippen LogP contribution < -0.4 is 0 Å². The van der Waals surface area contributed by atoms with Crippen LogP contribution in [0.15, 0.2) is 6.07 Å². The van der Waals surface area contributed by atoms with Gasteiger partial charge in [0.25, 0.3) is 0 Å². The van der Waals surface area contributed by atoms with E-state index in [9.17, 15) is 4.79 Å². The van der Waals surface area contributed by atoms with E-state index in [1.54, 1.807) is 0 Å². The highest BCUT2D eigenvalue weighted by atomic mass is 32.2. The van der Waals surface area contributed by atoms with Crippen molar-refractivity contribution in [2.45, 2.75) is 26.3 Å². The number of thioether (sulfide) groups is 1. The van der Waals surface area contributed by atoms with Crippen LogP contribution in [0.2, 0.25) is 0 Å². The monoisotopic (exact) mass is 266 g/mol. The van der Waals surface area contributed by atoms with Gasteiger partial charge in [-0.05, 0) is 39.1 Å². The van der Waals surface area contributed by atoms with Crippen LogP contribution in [0.4, 0.5) is 0 Å². The zero-order valence-corrected chi connectivity index (χ0v) is 12.5. The summed E-state index contributed by atoms with van der Waals surface area (Å²) in [5.41, 5.74) is 3.11. The summed E-state index contributed by atoms with van der Waals surface area (Å²) >= 11 is 1.99. The molecule has 0 amide bonds. The number of aryl methyl sites for hydroxylation is 1. The van der Waals surface area contributed by atoms with Crippen molar-refractivity contribution in [2.75, 3.05) is 25.1 Å². The van der Waals surface area contributed by atoms with Gasteiger partial charge in [0.2, 0.25) is 0 Å². The molecule has 100 valence electrons. The van der Waals surface area contributed by atoms with E-state index in [4.69, 9.17) is 0 Å². The Labute approximate surface area is 114 Å². The van der Waals surface area contributed by atoms with E-state index >= 15 is 0 Å². The molecule has 1 saturated heterocycles. The Hall–Kier alpha value is -0.740. The number of carbonyl (C=O) groups excluding carboxylic acids is 1. The molecule has 2 rings (SSSR count). The first kappa shape index (κ1) is 13.7. The second-order valence-corrected chi connectivity index (χ2v) is 6.35. The molecule has 0 aliphatic carbocycles. The van der Waals surface area contributed by atoms with Crippen LogP contribution >= 0.6 is 11.8 Å². The van der Waals surface area contributed by atoms with Gasteiger partial charge in [-0.1, -0.05) is 0 Å². The van der Waals surface area contributed by atoms with E-state index in [1.165, 1.54) is 12.2 Å². The molecule has 4 heteroatoms. The molecule has 0 bridgehead atoms. The fourth-order valence-electron chi connectivity index (χ4n) is 2.45. The number of aromatic nitrogens is 1. The Balaban J connectivity index is 2.04. The molecule has 0 aromatic carbocycles. The van der Waals surface area contributed by atoms with Gasteiger partial charge in [-0.25, -0.2) is 0 Å². The Morgan fingerprint density at radius 2 is 2.28 bits per heavy atom. The molecule has 18 heavy (non-hydrogen) atoms. The van der Waals surface area contributed by atoms with Crippen LogP contribution in [-0.4, -0.2) is 46.4 Å². The number of likely N-dealkylation sites (N-methyl/N-ethyl adjacent to an activating group) is 1. The maximum Gasteiger partial charge on any atom is 0.178 e. The van der Waals surface area contributed by atoms with E-state index in [0.29, 0.717) is 12.6 Å². The predicted octanol–water partition coefficient (Wildman–Crippen LogP) is 2.26. The Bertz CT molecular complexity index is 447. The molecule has 1 aliphatic heterocycles. The van der Waals surface area contributed by atoms with Crippen molar-refractivity contribution in [1.82, 2.24) is 9.47 Å². The molecule has 0 radical (unpaired) electrons. The SMILES string of the molecule is Cc1cc(C(=O)CN(C)C2CCSC2)c(C)n1C. The van der Waals surface area contributed by atoms with Crippen molar-refractivity contribution >= 4 is 17.5 Å². The van der Waals surface area contributed by atoms with E-state index in [1.807, 2.05) is 38.7 Å². The van der Waals surface area contributed by atoms with Crippen molar-refractivity contribution in [3.05, 3.63) is 23.0 Å². The molecular weight excluding hydrogens is 244 g/mol. The van der Waals surface area contributed by atoms with Crippen molar-refractivity contribution in [3.63, 3.8) is 0 Å². The van der Waals surface area contributed by atoms with Gasteiger partial charge in [-0.3, -0.25) is 9.69 Å². The Kier molecular flexibility index (Phi) is 4.17. The lowest BCUT2D eigenvalue weighted by atomic mass is 10.1. The van der Waals surface area contributed by atoms with Gasteiger partial charge < -0.3 is 4.57 Å². The average Bonchev–Trinajstić information content (AvgIpc) is 2.94. The third-order valence-corrected chi connectivity index (χ3v) is 5.14. The zero-order chi connectivity index (χ0) is 13.3. The molecule has 0 N–H and O–H groups in total. The lowest BCUT2D eigenvalue weighted by Gasteiger charge is -2.22. The number of hydrogen-bond acceptors (Lipinski definition) is 3. The topological polar surface area (TPSA) is 25.2 Å². The highest BCUT2D eigenvalue weighted by Gasteiger charge is 2.23. The number of rotatable bonds is 4. The third kappa shape index (κ3) is 2.64. The lowest BCUT2D eigenvalue weighted by Crippen LogP contribution is -2.35. The quantitative estimate of drug-likeness (QED) is 0.782. The van der Waals surface area contributed by atoms with Crippen molar-refractivity contribution in [1.29, 1.82) is 0 Å². The molecule has 2 heterocycles. The first-order valence-corrected chi connectivity index (χ1v) is 7.60. The Morgan fingerprint density at radius 1 is 1.56 bits per heavy atom. The summed E-state index contributed by atoms with van der Waals surface area (Å²) in [4.78, 5) is 14.5. The van der Waals surface area contributed by atoms with Crippen LogP contribution in [0.1, 0.15) is 28.2 Å². The van der Waals surface area contributed by atoms with Crippen LogP contribution in [-0.2, 0) is 7.05 Å². The number of hydrogen-bond donors (Lipinski definition) is 0. The van der Waals surface area contributed by atoms with E-state index in [2.05, 4.69) is 16.5 Å². The normalized spacial score (nSPS) is 19.7. The molecule has 1 unspecified atom stereocenters. The second-order valence-electron chi connectivity index (χ2n) is 5.20. The highest BCUT2D eigenvalue weighted by Crippen LogP contribution is 2.22. The van der Waals surface area contributed by atoms with Gasteiger partial charge in [-0.2, -0.15) is 11.8 Å². The van der Waals surface area contributed by atoms with E-state index in [0.717, 1.165) is 22.7 Å². The third-order valence-electron chi connectivity index (χ3n) is 4.00. The van der Waals surface area contributed by atoms with E-state index in [-0.39, 0.29) is 5.78 Å². The molecule has 1 atom stereocenters. The van der Waals surface area contributed by atoms with Crippen molar-refractivity contribution < 1.29 is 4.79 Å². The largest absolute Gasteiger partial charge is 0.351 e. The van der Waals surface area contributed by atoms with Crippen molar-refractivity contribution in [3.8, 4) is 0 Å². The minimum absolute atomic E-state index is 0.246. The molecule has 1 fully saturated rings. The van der Waals surface area contributed by atoms with Crippen LogP contribution in [0.5, 0.6) is 0 Å². The fourth-order valence-corrected chi connectivity index (χ4v) is 3.75. The number of nitrogens with zero attached hydrogens (tertiary/aromatic N) is 2. The predicted molar refractivity (Wildman–Crippen MR) is 77.6 cm³/mol. The molecule has 0 saturated carbocycles. The van der Waals surface area contributed by atoms with Crippen molar-refractivity contribution in [2.24, 2.45) is 7.05 Å². The van der Waals surface area contributed by atoms with Gasteiger partial charge in [0.05, 0.1) is 6.54 Å². The minimum Gasteiger partial charge on any atom is -0.351 e. The summed E-state index contributed by atoms with van der Waals surface area (Å²) in [5.74, 6) is 2.64. The molecular formula is C14H22N2OS. The molecule has 1 aromatic rings. The maximum atomic E-state index is 12.3. The maximum absolute atomic E-state index is 12.3. The molecule has 3 nitrogen and oxygen atoms in total. The summed E-state index contributed by atoms with van der Waals surface area (Å²) in [6.07, 6.45) is 1.21. The standard InChI is InChI=1S/C14H22N2OS/c1-10-7-13(11(2)16(10)4)14(17)8-15(3)12-5-6-18-9-12/h7,12H,5-6,8-9H2,1-4H3. The zero-order valence-electron chi connectivity index (χ0n) is 11.7. The Morgan fingerprint density at radius 3 is 2.78 bits per heavy atom. The second kappa shape index (κ2) is 5.49. The van der Waals surface area contributed by atoms with E-state index < -0.39 is 0 Å². The van der Waals surface area contributed by atoms with Crippen LogP contribution in [0.3, 0.4) is 0 Å². The summed E-state index contributed by atoms with van der Waals surface area (Å²) in [6, 6.07) is 2.58. The average molecular weight is 266 g/mol. The van der Waals surface area contributed by atoms with Gasteiger partial charge in [0, 0.05) is 35.8 Å². The summed E-state index contributed by atoms with van der Waals surface area (Å²) < 4.78 is 2.08. The van der Waals surface area contributed by atoms with Crippen LogP contribution in [0.25, 0.3) is 0 Å². The van der Waals surface area contributed by atoms with Gasteiger partial charge in [0.15, 0.2) is 5.78 Å². The number of ketones is 1. The summed E-state index contributed by atoms with van der Waals surface area (Å²) in [7, 11) is 4.08. The first-order valence-electron chi connectivity index (χ1n) is 6.44. The molecule has 1 aromatic heterocycles. The lowest BCUT2D eigenvalue weighted by molar-refractivity contribution is 0.0926. The number of Topliss-reactive ketones (excluding diaryl/α,β-unsaturated/α-hetero) is 1. The smallest absolute Gasteiger partial charge is 0.178 e. The first-order chi connectivity index (χ1) is 8.50. The molecule has 1 aliphatic rings. The fraction of sp³-hybridized carbons (Fsp3) is 0.643. The minimum atomic E-state index is 0.246. The van der Waals surface area contributed by atoms with Gasteiger partial charge >= 0.3 is 0 Å². The van der Waals surface area contributed by atoms with Gasteiger partial charge in [-0.15, -0.1) is 0 Å². The summed E-state index contributed by atoms with van der Waals surface area (Å²) in [5, 5.41) is 0.